The van der Waals surface area contributed by atoms with Crippen molar-refractivity contribution in [1.29, 1.82) is 0 Å². The summed E-state index contributed by atoms with van der Waals surface area (Å²) in [6.45, 7) is 2.63. The Hall–Kier alpha value is -2.37. The fraction of sp³-hybridized carbons (Fsp3) is 0.316. The molecule has 5 nitrogen and oxygen atoms in total. The predicted molar refractivity (Wildman–Crippen MR) is 95.9 cm³/mol. The molecular weight excluding hydrogens is 300 g/mol. The molecule has 2 aromatic carbocycles. The standard InChI is InChI=1S/C19H22N4O/c20-14-9-10-23(12-14)16-7-5-15(6-8-16)22-19(24)18-17-4-2-1-3-13(17)11-21-18/h1-8,14,18,21H,9-12,20H2,(H,22,24). The zero-order valence-corrected chi connectivity index (χ0v) is 13.5. The zero-order valence-electron chi connectivity index (χ0n) is 13.5. The van der Waals surface area contributed by atoms with Crippen LogP contribution in [-0.4, -0.2) is 25.0 Å². The normalized spacial score (nSPS) is 22.5. The molecule has 2 unspecified atom stereocenters. The SMILES string of the molecule is NC1CCN(c2ccc(NC(=O)C3NCc4ccccc43)cc2)C1. The first kappa shape index (κ1) is 15.2. The number of fused-ring (bicyclic) bond motifs is 1. The number of nitrogens with two attached hydrogens (primary N) is 1. The maximum Gasteiger partial charge on any atom is 0.246 e. The van der Waals surface area contributed by atoms with Gasteiger partial charge in [0, 0.05) is 37.1 Å². The summed E-state index contributed by atoms with van der Waals surface area (Å²) in [6, 6.07) is 16.0. The number of nitrogens with one attached hydrogen (secondary N) is 2. The number of anilines is 2. The van der Waals surface area contributed by atoms with E-state index >= 15 is 0 Å². The molecule has 24 heavy (non-hydrogen) atoms. The molecule has 2 aliphatic heterocycles. The maximum absolute atomic E-state index is 12.6. The molecule has 0 saturated carbocycles. The van der Waals surface area contributed by atoms with E-state index in [1.165, 1.54) is 5.56 Å². The molecule has 2 heterocycles. The van der Waals surface area contributed by atoms with Crippen molar-refractivity contribution in [2.45, 2.75) is 25.0 Å². The average Bonchev–Trinajstić information content (AvgIpc) is 3.22. The number of benzene rings is 2. The number of hydrogen-bond donors (Lipinski definition) is 3. The lowest BCUT2D eigenvalue weighted by Crippen LogP contribution is -2.28. The fourth-order valence-electron chi connectivity index (χ4n) is 3.52. The highest BCUT2D eigenvalue weighted by atomic mass is 16.2. The van der Waals surface area contributed by atoms with Gasteiger partial charge in [0.2, 0.25) is 5.91 Å². The molecule has 5 heteroatoms. The van der Waals surface area contributed by atoms with Crippen molar-refractivity contribution in [2.75, 3.05) is 23.3 Å². The van der Waals surface area contributed by atoms with Crippen LogP contribution in [0.3, 0.4) is 0 Å². The molecule has 2 aliphatic rings. The summed E-state index contributed by atoms with van der Waals surface area (Å²) in [7, 11) is 0. The van der Waals surface area contributed by atoms with Crippen LogP contribution >= 0.6 is 0 Å². The number of nitrogens with zero attached hydrogens (tertiary/aromatic N) is 1. The maximum atomic E-state index is 12.6. The molecule has 124 valence electrons. The zero-order chi connectivity index (χ0) is 16.5. The van der Waals surface area contributed by atoms with E-state index in [0.717, 1.165) is 43.0 Å². The highest BCUT2D eigenvalue weighted by molar-refractivity contribution is 5.96. The van der Waals surface area contributed by atoms with Crippen LogP contribution in [-0.2, 0) is 11.3 Å². The van der Waals surface area contributed by atoms with Crippen LogP contribution < -0.4 is 21.3 Å². The second-order valence-electron chi connectivity index (χ2n) is 6.54. The van der Waals surface area contributed by atoms with E-state index < -0.39 is 0 Å². The van der Waals surface area contributed by atoms with Gasteiger partial charge >= 0.3 is 0 Å². The molecule has 1 amide bonds. The molecule has 1 saturated heterocycles. The Morgan fingerprint density at radius 3 is 2.71 bits per heavy atom. The molecular formula is C19H22N4O. The van der Waals surface area contributed by atoms with E-state index in [-0.39, 0.29) is 18.0 Å². The lowest BCUT2D eigenvalue weighted by molar-refractivity contribution is -0.118. The van der Waals surface area contributed by atoms with Crippen LogP contribution in [0, 0.1) is 0 Å². The number of carbonyl (C=O) groups excluding carboxylic acids is 1. The van der Waals surface area contributed by atoms with Crippen molar-refractivity contribution in [3.8, 4) is 0 Å². The van der Waals surface area contributed by atoms with Gasteiger partial charge in [0.05, 0.1) is 0 Å². The minimum Gasteiger partial charge on any atom is -0.370 e. The van der Waals surface area contributed by atoms with Gasteiger partial charge in [0.25, 0.3) is 0 Å². The third-order valence-electron chi connectivity index (χ3n) is 4.85. The van der Waals surface area contributed by atoms with Gasteiger partial charge in [-0.25, -0.2) is 0 Å². The molecule has 0 bridgehead atoms. The first-order chi connectivity index (χ1) is 11.7. The second kappa shape index (κ2) is 6.26. The minimum atomic E-state index is -0.280. The van der Waals surface area contributed by atoms with Crippen LogP contribution in [0.4, 0.5) is 11.4 Å². The molecule has 2 aromatic rings. The van der Waals surface area contributed by atoms with Gasteiger partial charge in [-0.15, -0.1) is 0 Å². The Balaban J connectivity index is 1.43. The summed E-state index contributed by atoms with van der Waals surface area (Å²) in [4.78, 5) is 14.8. The summed E-state index contributed by atoms with van der Waals surface area (Å²) in [5.41, 5.74) is 10.2. The second-order valence-corrected chi connectivity index (χ2v) is 6.54. The minimum absolute atomic E-state index is 0.0177. The first-order valence-corrected chi connectivity index (χ1v) is 8.43. The van der Waals surface area contributed by atoms with E-state index in [4.69, 9.17) is 5.73 Å². The summed E-state index contributed by atoms with van der Waals surface area (Å²) in [5.74, 6) is -0.0177. The number of amides is 1. The van der Waals surface area contributed by atoms with E-state index in [1.807, 2.05) is 42.5 Å². The molecule has 2 atom stereocenters. The van der Waals surface area contributed by atoms with Crippen LogP contribution in [0.15, 0.2) is 48.5 Å². The lowest BCUT2D eigenvalue weighted by Gasteiger charge is -2.19. The highest BCUT2D eigenvalue weighted by Crippen LogP contribution is 2.27. The number of hydrogen-bond acceptors (Lipinski definition) is 4. The van der Waals surface area contributed by atoms with E-state index in [2.05, 4.69) is 21.6 Å². The predicted octanol–water partition coefficient (Wildman–Crippen LogP) is 2.01. The van der Waals surface area contributed by atoms with Gasteiger partial charge in [-0.2, -0.15) is 0 Å². The van der Waals surface area contributed by atoms with Gasteiger partial charge in [0.15, 0.2) is 0 Å². The summed E-state index contributed by atoms with van der Waals surface area (Å²) < 4.78 is 0. The van der Waals surface area contributed by atoms with Gasteiger partial charge in [0.1, 0.15) is 6.04 Å². The molecule has 4 N–H and O–H groups in total. The molecule has 0 aromatic heterocycles. The van der Waals surface area contributed by atoms with Crippen LogP contribution in [0.1, 0.15) is 23.6 Å². The van der Waals surface area contributed by atoms with Gasteiger partial charge in [-0.3, -0.25) is 10.1 Å². The van der Waals surface area contributed by atoms with Crippen LogP contribution in [0.2, 0.25) is 0 Å². The monoisotopic (exact) mass is 322 g/mol. The highest BCUT2D eigenvalue weighted by Gasteiger charge is 2.27. The Labute approximate surface area is 141 Å². The Morgan fingerprint density at radius 2 is 1.96 bits per heavy atom. The Morgan fingerprint density at radius 1 is 1.17 bits per heavy atom. The van der Waals surface area contributed by atoms with Crippen molar-refractivity contribution in [2.24, 2.45) is 5.73 Å². The first-order valence-electron chi connectivity index (χ1n) is 8.43. The quantitative estimate of drug-likeness (QED) is 0.808. The third-order valence-corrected chi connectivity index (χ3v) is 4.85. The molecule has 0 radical (unpaired) electrons. The Bertz CT molecular complexity index is 743. The lowest BCUT2D eigenvalue weighted by atomic mass is 10.0. The fourth-order valence-corrected chi connectivity index (χ4v) is 3.52. The van der Waals surface area contributed by atoms with E-state index in [0.29, 0.717) is 0 Å². The Kier molecular flexibility index (Phi) is 3.96. The molecule has 4 rings (SSSR count). The largest absolute Gasteiger partial charge is 0.370 e. The van der Waals surface area contributed by atoms with Crippen molar-refractivity contribution in [3.63, 3.8) is 0 Å². The molecule has 0 aliphatic carbocycles. The van der Waals surface area contributed by atoms with Gasteiger partial charge in [-0.1, -0.05) is 24.3 Å². The van der Waals surface area contributed by atoms with Crippen molar-refractivity contribution >= 4 is 17.3 Å². The summed E-state index contributed by atoms with van der Waals surface area (Å²) in [6.07, 6.45) is 1.03. The smallest absolute Gasteiger partial charge is 0.246 e. The summed E-state index contributed by atoms with van der Waals surface area (Å²) >= 11 is 0. The van der Waals surface area contributed by atoms with Crippen LogP contribution in [0.25, 0.3) is 0 Å². The number of carbonyl (C=O) groups is 1. The average molecular weight is 322 g/mol. The van der Waals surface area contributed by atoms with Gasteiger partial charge < -0.3 is 16.0 Å². The van der Waals surface area contributed by atoms with Crippen LogP contribution in [0.5, 0.6) is 0 Å². The summed E-state index contributed by atoms with van der Waals surface area (Å²) in [5, 5.41) is 6.28. The molecule has 1 fully saturated rings. The van der Waals surface area contributed by atoms with Gasteiger partial charge in [-0.05, 0) is 41.8 Å². The van der Waals surface area contributed by atoms with Crippen molar-refractivity contribution < 1.29 is 4.79 Å². The third kappa shape index (κ3) is 2.88. The topological polar surface area (TPSA) is 70.4 Å². The molecule has 0 spiro atoms. The van der Waals surface area contributed by atoms with Crippen molar-refractivity contribution in [1.82, 2.24) is 5.32 Å². The number of rotatable bonds is 3. The van der Waals surface area contributed by atoms with E-state index in [9.17, 15) is 4.79 Å². The van der Waals surface area contributed by atoms with Crippen molar-refractivity contribution in [3.05, 3.63) is 59.7 Å². The van der Waals surface area contributed by atoms with E-state index in [1.54, 1.807) is 0 Å².